The Morgan fingerprint density at radius 1 is 0.912 bits per heavy atom. The van der Waals surface area contributed by atoms with Crippen LogP contribution in [-0.2, 0) is 14.8 Å². The summed E-state index contributed by atoms with van der Waals surface area (Å²) in [6.45, 7) is 8.59. The van der Waals surface area contributed by atoms with Crippen molar-refractivity contribution in [1.29, 1.82) is 0 Å². The molecule has 0 aromatic heterocycles. The first-order valence-electron chi connectivity index (χ1n) is 11.2. The molecule has 1 amide bonds. The van der Waals surface area contributed by atoms with Crippen LogP contribution in [-0.4, -0.2) is 40.6 Å². The van der Waals surface area contributed by atoms with Crippen LogP contribution in [0.25, 0.3) is 0 Å². The fourth-order valence-corrected chi connectivity index (χ4v) is 5.27. The zero-order valence-electron chi connectivity index (χ0n) is 19.6. The lowest BCUT2D eigenvalue weighted by Crippen LogP contribution is -2.36. The van der Waals surface area contributed by atoms with Gasteiger partial charge in [-0.15, -0.1) is 0 Å². The summed E-state index contributed by atoms with van der Waals surface area (Å²) in [5.74, 6) is -0.373. The molecule has 7 nitrogen and oxygen atoms in total. The SMILES string of the molecule is Cc1ccc(C(=O)Nc2ccc(N3CCOCC3)cc2)cc1S(=O)(=O)Nc1cccc(C)c1C. The predicted molar refractivity (Wildman–Crippen MR) is 135 cm³/mol. The van der Waals surface area contributed by atoms with Crippen molar-refractivity contribution in [2.75, 3.05) is 41.2 Å². The fourth-order valence-electron chi connectivity index (χ4n) is 3.87. The van der Waals surface area contributed by atoms with E-state index in [9.17, 15) is 13.2 Å². The lowest BCUT2D eigenvalue weighted by Gasteiger charge is -2.28. The predicted octanol–water partition coefficient (Wildman–Crippen LogP) is 4.50. The Balaban J connectivity index is 1.52. The van der Waals surface area contributed by atoms with Crippen LogP contribution in [0.4, 0.5) is 17.1 Å². The molecular formula is C26H29N3O4S. The summed E-state index contributed by atoms with van der Waals surface area (Å²) in [5, 5.41) is 2.86. The number of sulfonamides is 1. The van der Waals surface area contributed by atoms with Gasteiger partial charge in [-0.1, -0.05) is 18.2 Å². The second kappa shape index (κ2) is 9.87. The maximum absolute atomic E-state index is 13.2. The minimum atomic E-state index is -3.88. The van der Waals surface area contributed by atoms with Crippen molar-refractivity contribution in [2.24, 2.45) is 0 Å². The molecule has 1 fully saturated rings. The van der Waals surface area contributed by atoms with Gasteiger partial charge in [0.2, 0.25) is 0 Å². The lowest BCUT2D eigenvalue weighted by atomic mass is 10.1. The summed E-state index contributed by atoms with van der Waals surface area (Å²) in [5.41, 5.74) is 4.91. The zero-order valence-corrected chi connectivity index (χ0v) is 20.4. The van der Waals surface area contributed by atoms with Gasteiger partial charge in [-0.2, -0.15) is 0 Å². The maximum Gasteiger partial charge on any atom is 0.262 e. The van der Waals surface area contributed by atoms with Gasteiger partial charge in [0.15, 0.2) is 0 Å². The molecule has 1 aliphatic rings. The van der Waals surface area contributed by atoms with Crippen LogP contribution in [0.3, 0.4) is 0 Å². The summed E-state index contributed by atoms with van der Waals surface area (Å²) in [7, 11) is -3.88. The van der Waals surface area contributed by atoms with Crippen molar-refractivity contribution in [3.63, 3.8) is 0 Å². The van der Waals surface area contributed by atoms with Gasteiger partial charge < -0.3 is 15.0 Å². The second-order valence-electron chi connectivity index (χ2n) is 8.43. The van der Waals surface area contributed by atoms with Gasteiger partial charge in [0.25, 0.3) is 15.9 Å². The number of ether oxygens (including phenoxy) is 1. The quantitative estimate of drug-likeness (QED) is 0.544. The highest BCUT2D eigenvalue weighted by molar-refractivity contribution is 7.92. The number of hydrogen-bond acceptors (Lipinski definition) is 5. The number of nitrogens with zero attached hydrogens (tertiary/aromatic N) is 1. The van der Waals surface area contributed by atoms with E-state index in [2.05, 4.69) is 14.9 Å². The molecule has 178 valence electrons. The van der Waals surface area contributed by atoms with Crippen molar-refractivity contribution in [2.45, 2.75) is 25.7 Å². The number of benzene rings is 3. The van der Waals surface area contributed by atoms with Crippen LogP contribution in [0, 0.1) is 20.8 Å². The molecule has 34 heavy (non-hydrogen) atoms. The molecule has 0 spiro atoms. The molecule has 3 aromatic carbocycles. The Labute approximate surface area is 200 Å². The van der Waals surface area contributed by atoms with Crippen LogP contribution in [0.5, 0.6) is 0 Å². The number of amides is 1. The monoisotopic (exact) mass is 479 g/mol. The first-order valence-corrected chi connectivity index (χ1v) is 12.7. The minimum Gasteiger partial charge on any atom is -0.378 e. The Morgan fingerprint density at radius 2 is 1.62 bits per heavy atom. The van der Waals surface area contributed by atoms with E-state index in [4.69, 9.17) is 4.74 Å². The number of anilines is 3. The van der Waals surface area contributed by atoms with Crippen LogP contribution in [0.1, 0.15) is 27.0 Å². The number of carbonyl (C=O) groups excluding carboxylic acids is 1. The average Bonchev–Trinajstić information content (AvgIpc) is 2.83. The summed E-state index contributed by atoms with van der Waals surface area (Å²) in [6, 6.07) is 17.8. The number of hydrogen-bond donors (Lipinski definition) is 2. The second-order valence-corrected chi connectivity index (χ2v) is 10.1. The Bertz CT molecular complexity index is 1300. The van der Waals surface area contributed by atoms with Crippen LogP contribution in [0.2, 0.25) is 0 Å². The molecule has 2 N–H and O–H groups in total. The van der Waals surface area contributed by atoms with E-state index in [-0.39, 0.29) is 16.4 Å². The summed E-state index contributed by atoms with van der Waals surface area (Å²) in [4.78, 5) is 15.2. The average molecular weight is 480 g/mol. The van der Waals surface area contributed by atoms with Gasteiger partial charge >= 0.3 is 0 Å². The van der Waals surface area contributed by atoms with Gasteiger partial charge in [0.05, 0.1) is 23.8 Å². The molecule has 1 heterocycles. The third kappa shape index (κ3) is 5.24. The standard InChI is InChI=1S/C26H29N3O4S/c1-18-5-4-6-24(20(18)3)28-34(31,32)25-17-21(8-7-19(25)2)26(30)27-22-9-11-23(12-10-22)29-13-15-33-16-14-29/h4-12,17,28H,13-16H2,1-3H3,(H,27,30). The summed E-state index contributed by atoms with van der Waals surface area (Å²) >= 11 is 0. The molecule has 0 atom stereocenters. The van der Waals surface area contributed by atoms with E-state index in [1.807, 2.05) is 44.2 Å². The highest BCUT2D eigenvalue weighted by Gasteiger charge is 2.20. The number of rotatable bonds is 6. The van der Waals surface area contributed by atoms with E-state index in [1.165, 1.54) is 6.07 Å². The van der Waals surface area contributed by atoms with Crippen LogP contribution < -0.4 is 14.9 Å². The lowest BCUT2D eigenvalue weighted by molar-refractivity contribution is 0.102. The Morgan fingerprint density at radius 3 is 2.32 bits per heavy atom. The molecule has 1 saturated heterocycles. The number of aryl methyl sites for hydroxylation is 2. The van der Waals surface area contributed by atoms with Gasteiger partial charge in [-0.05, 0) is 79.9 Å². The third-order valence-electron chi connectivity index (χ3n) is 6.09. The Kier molecular flexibility index (Phi) is 6.90. The molecule has 4 rings (SSSR count). The molecule has 3 aromatic rings. The molecular weight excluding hydrogens is 450 g/mol. The summed E-state index contributed by atoms with van der Waals surface area (Å²) in [6.07, 6.45) is 0. The van der Waals surface area contributed by atoms with Crippen molar-refractivity contribution in [1.82, 2.24) is 0 Å². The minimum absolute atomic E-state index is 0.0729. The normalized spacial score (nSPS) is 14.0. The van der Waals surface area contributed by atoms with Crippen molar-refractivity contribution >= 4 is 33.0 Å². The van der Waals surface area contributed by atoms with Crippen molar-refractivity contribution in [3.05, 3.63) is 82.9 Å². The number of morpholine rings is 1. The van der Waals surface area contributed by atoms with E-state index < -0.39 is 10.0 Å². The highest BCUT2D eigenvalue weighted by atomic mass is 32.2. The van der Waals surface area contributed by atoms with E-state index in [0.717, 1.165) is 29.9 Å². The topological polar surface area (TPSA) is 87.7 Å². The molecule has 0 bridgehead atoms. The maximum atomic E-state index is 13.2. The Hall–Kier alpha value is -3.36. The number of nitrogens with one attached hydrogen (secondary N) is 2. The largest absolute Gasteiger partial charge is 0.378 e. The van der Waals surface area contributed by atoms with Gasteiger partial charge in [-0.25, -0.2) is 8.42 Å². The zero-order chi connectivity index (χ0) is 24.3. The third-order valence-corrected chi connectivity index (χ3v) is 7.60. The van der Waals surface area contributed by atoms with E-state index in [1.54, 1.807) is 31.2 Å². The fraction of sp³-hybridized carbons (Fsp3) is 0.269. The molecule has 8 heteroatoms. The first-order chi connectivity index (χ1) is 16.2. The van der Waals surface area contributed by atoms with E-state index >= 15 is 0 Å². The summed E-state index contributed by atoms with van der Waals surface area (Å²) < 4.78 is 34.4. The molecule has 0 unspecified atom stereocenters. The highest BCUT2D eigenvalue weighted by Crippen LogP contribution is 2.25. The van der Waals surface area contributed by atoms with E-state index in [0.29, 0.717) is 30.2 Å². The van der Waals surface area contributed by atoms with Crippen molar-refractivity contribution in [3.8, 4) is 0 Å². The van der Waals surface area contributed by atoms with Crippen LogP contribution >= 0.6 is 0 Å². The van der Waals surface area contributed by atoms with Gasteiger partial charge in [-0.3, -0.25) is 9.52 Å². The van der Waals surface area contributed by atoms with Gasteiger partial charge in [0.1, 0.15) is 0 Å². The molecule has 0 saturated carbocycles. The number of carbonyl (C=O) groups is 1. The van der Waals surface area contributed by atoms with Crippen molar-refractivity contribution < 1.29 is 17.9 Å². The molecule has 1 aliphatic heterocycles. The van der Waals surface area contributed by atoms with Gasteiger partial charge in [0, 0.05) is 30.0 Å². The first kappa shape index (κ1) is 23.8. The van der Waals surface area contributed by atoms with Crippen LogP contribution in [0.15, 0.2) is 65.6 Å². The molecule has 0 aliphatic carbocycles. The molecule has 0 radical (unpaired) electrons. The smallest absolute Gasteiger partial charge is 0.262 e.